The largest absolute Gasteiger partial charge is 0.475 e. The van der Waals surface area contributed by atoms with Crippen molar-refractivity contribution in [2.45, 2.75) is 39.2 Å². The van der Waals surface area contributed by atoms with Crippen LogP contribution in [0.25, 0.3) is 0 Å². The van der Waals surface area contributed by atoms with Gasteiger partial charge in [0.25, 0.3) is 0 Å². The van der Waals surface area contributed by atoms with Gasteiger partial charge in [-0.3, -0.25) is 4.99 Å². The highest BCUT2D eigenvalue weighted by Crippen LogP contribution is 2.15. The zero-order chi connectivity index (χ0) is 11.4. The van der Waals surface area contributed by atoms with Crippen molar-refractivity contribution in [1.29, 1.82) is 0 Å². The molecule has 2 rings (SSSR count). The fourth-order valence-corrected chi connectivity index (χ4v) is 1.80. The number of pyridine rings is 1. The molecule has 0 aliphatic carbocycles. The van der Waals surface area contributed by atoms with E-state index >= 15 is 0 Å². The summed E-state index contributed by atoms with van der Waals surface area (Å²) in [6.07, 6.45) is 5.56. The van der Waals surface area contributed by atoms with E-state index in [2.05, 4.69) is 16.0 Å². The lowest BCUT2D eigenvalue weighted by atomic mass is 10.0. The number of rotatable bonds is 3. The van der Waals surface area contributed by atoms with Crippen molar-refractivity contribution in [3.05, 3.63) is 23.9 Å². The Morgan fingerprint density at radius 3 is 2.69 bits per heavy atom. The number of nitrogens with zero attached hydrogens (tertiary/aromatic N) is 2. The Bertz CT molecular complexity index is 368. The number of hydrogen-bond donors (Lipinski definition) is 0. The molecule has 1 aliphatic rings. The Kier molecular flexibility index (Phi) is 3.54. The summed E-state index contributed by atoms with van der Waals surface area (Å²) in [6.45, 7) is 4.96. The number of hydrogen-bond acceptors (Lipinski definition) is 3. The van der Waals surface area contributed by atoms with Gasteiger partial charge in [0.1, 0.15) is 0 Å². The van der Waals surface area contributed by atoms with Crippen LogP contribution in [0.5, 0.6) is 5.88 Å². The highest BCUT2D eigenvalue weighted by molar-refractivity contribution is 6.00. The van der Waals surface area contributed by atoms with E-state index in [4.69, 9.17) is 4.74 Å². The van der Waals surface area contributed by atoms with Crippen LogP contribution in [-0.2, 0) is 0 Å². The standard InChI is InChI=1S/C13H18N2O/c1-10(2)16-13-7-6-11(9-15-13)12-5-3-4-8-14-12/h6-7,9-10H,3-5,8H2,1-2H3. The molecule has 0 bridgehead atoms. The summed E-state index contributed by atoms with van der Waals surface area (Å²) in [7, 11) is 0. The third-order valence-corrected chi connectivity index (χ3v) is 2.55. The fraction of sp³-hybridized carbons (Fsp3) is 0.538. The van der Waals surface area contributed by atoms with Crippen LogP contribution in [0.15, 0.2) is 23.3 Å². The number of ether oxygens (including phenoxy) is 1. The molecule has 0 spiro atoms. The second kappa shape index (κ2) is 5.10. The molecule has 3 nitrogen and oxygen atoms in total. The minimum Gasteiger partial charge on any atom is -0.475 e. The highest BCUT2D eigenvalue weighted by Gasteiger charge is 2.08. The average molecular weight is 218 g/mol. The van der Waals surface area contributed by atoms with Gasteiger partial charge in [-0.25, -0.2) is 4.98 Å². The van der Waals surface area contributed by atoms with Gasteiger partial charge in [0.2, 0.25) is 5.88 Å². The van der Waals surface area contributed by atoms with Gasteiger partial charge in [-0.05, 0) is 39.2 Å². The second-order valence-electron chi connectivity index (χ2n) is 4.34. The van der Waals surface area contributed by atoms with Crippen LogP contribution in [0, 0.1) is 0 Å². The third-order valence-electron chi connectivity index (χ3n) is 2.55. The first kappa shape index (κ1) is 11.1. The Labute approximate surface area is 96.6 Å². The van der Waals surface area contributed by atoms with Gasteiger partial charge in [0, 0.05) is 30.1 Å². The molecule has 0 saturated heterocycles. The smallest absolute Gasteiger partial charge is 0.213 e. The Morgan fingerprint density at radius 1 is 1.25 bits per heavy atom. The predicted molar refractivity (Wildman–Crippen MR) is 65.3 cm³/mol. The summed E-state index contributed by atoms with van der Waals surface area (Å²) in [6, 6.07) is 3.97. The van der Waals surface area contributed by atoms with E-state index in [-0.39, 0.29) is 6.10 Å². The molecule has 0 amide bonds. The Hall–Kier alpha value is -1.38. The van der Waals surface area contributed by atoms with Gasteiger partial charge in [0.15, 0.2) is 0 Å². The van der Waals surface area contributed by atoms with Crippen molar-refractivity contribution in [3.8, 4) is 5.88 Å². The van der Waals surface area contributed by atoms with Crippen LogP contribution in [0.3, 0.4) is 0 Å². The fourth-order valence-electron chi connectivity index (χ4n) is 1.80. The summed E-state index contributed by atoms with van der Waals surface area (Å²) in [5.41, 5.74) is 2.32. The lowest BCUT2D eigenvalue weighted by molar-refractivity contribution is 0.232. The molecular formula is C13H18N2O. The SMILES string of the molecule is CC(C)Oc1ccc(C2=NCCCC2)cn1. The van der Waals surface area contributed by atoms with Crippen molar-refractivity contribution in [1.82, 2.24) is 4.98 Å². The third kappa shape index (κ3) is 2.81. The van der Waals surface area contributed by atoms with Crippen molar-refractivity contribution >= 4 is 5.71 Å². The summed E-state index contributed by atoms with van der Waals surface area (Å²) in [4.78, 5) is 8.82. The van der Waals surface area contributed by atoms with E-state index < -0.39 is 0 Å². The molecular weight excluding hydrogens is 200 g/mol. The topological polar surface area (TPSA) is 34.5 Å². The summed E-state index contributed by atoms with van der Waals surface area (Å²) < 4.78 is 5.51. The molecule has 16 heavy (non-hydrogen) atoms. The van der Waals surface area contributed by atoms with E-state index in [0.29, 0.717) is 5.88 Å². The van der Waals surface area contributed by atoms with Crippen molar-refractivity contribution < 1.29 is 4.74 Å². The van der Waals surface area contributed by atoms with Crippen LogP contribution in [0.4, 0.5) is 0 Å². The molecule has 0 radical (unpaired) electrons. The molecule has 86 valence electrons. The predicted octanol–water partition coefficient (Wildman–Crippen LogP) is 2.84. The zero-order valence-corrected chi connectivity index (χ0v) is 9.94. The van der Waals surface area contributed by atoms with E-state index in [1.165, 1.54) is 18.6 Å². The molecule has 3 heteroatoms. The minimum absolute atomic E-state index is 0.172. The molecule has 1 aromatic heterocycles. The quantitative estimate of drug-likeness (QED) is 0.781. The molecule has 1 aromatic rings. The first-order valence-corrected chi connectivity index (χ1v) is 5.92. The first-order chi connectivity index (χ1) is 7.75. The monoisotopic (exact) mass is 218 g/mol. The Morgan fingerprint density at radius 2 is 2.12 bits per heavy atom. The zero-order valence-electron chi connectivity index (χ0n) is 9.94. The lowest BCUT2D eigenvalue weighted by Crippen LogP contribution is -2.10. The van der Waals surface area contributed by atoms with Crippen molar-refractivity contribution in [3.63, 3.8) is 0 Å². The summed E-state index contributed by atoms with van der Waals surface area (Å²) in [5, 5.41) is 0. The average Bonchev–Trinajstić information content (AvgIpc) is 2.30. The first-order valence-electron chi connectivity index (χ1n) is 5.92. The molecule has 0 atom stereocenters. The molecule has 0 N–H and O–H groups in total. The maximum atomic E-state index is 5.51. The Balaban J connectivity index is 2.09. The van der Waals surface area contributed by atoms with E-state index in [9.17, 15) is 0 Å². The molecule has 2 heterocycles. The van der Waals surface area contributed by atoms with Crippen LogP contribution >= 0.6 is 0 Å². The molecule has 1 aliphatic heterocycles. The van der Waals surface area contributed by atoms with Crippen molar-refractivity contribution in [2.75, 3.05) is 6.54 Å². The highest BCUT2D eigenvalue weighted by atomic mass is 16.5. The van der Waals surface area contributed by atoms with Gasteiger partial charge >= 0.3 is 0 Å². The summed E-state index contributed by atoms with van der Waals surface area (Å²) in [5.74, 6) is 0.690. The van der Waals surface area contributed by atoms with Gasteiger partial charge in [-0.1, -0.05) is 0 Å². The van der Waals surface area contributed by atoms with Gasteiger partial charge in [0.05, 0.1) is 6.10 Å². The molecule has 0 fully saturated rings. The van der Waals surface area contributed by atoms with Gasteiger partial charge in [-0.15, -0.1) is 0 Å². The summed E-state index contributed by atoms with van der Waals surface area (Å²) >= 11 is 0. The minimum atomic E-state index is 0.172. The molecule has 0 saturated carbocycles. The van der Waals surface area contributed by atoms with Gasteiger partial charge < -0.3 is 4.74 Å². The van der Waals surface area contributed by atoms with E-state index in [1.54, 1.807) is 0 Å². The maximum absolute atomic E-state index is 5.51. The van der Waals surface area contributed by atoms with Crippen LogP contribution in [-0.4, -0.2) is 23.3 Å². The van der Waals surface area contributed by atoms with Crippen LogP contribution in [0.1, 0.15) is 38.7 Å². The van der Waals surface area contributed by atoms with Crippen LogP contribution < -0.4 is 4.74 Å². The van der Waals surface area contributed by atoms with Gasteiger partial charge in [-0.2, -0.15) is 0 Å². The normalized spacial score (nSPS) is 16.1. The molecule has 0 aromatic carbocycles. The molecule has 0 unspecified atom stereocenters. The maximum Gasteiger partial charge on any atom is 0.213 e. The van der Waals surface area contributed by atoms with E-state index in [1.807, 2.05) is 26.1 Å². The number of aromatic nitrogens is 1. The van der Waals surface area contributed by atoms with Crippen molar-refractivity contribution in [2.24, 2.45) is 4.99 Å². The second-order valence-corrected chi connectivity index (χ2v) is 4.34. The van der Waals surface area contributed by atoms with E-state index in [0.717, 1.165) is 18.5 Å². The number of aliphatic imine (C=N–C) groups is 1. The van der Waals surface area contributed by atoms with Crippen LogP contribution in [0.2, 0.25) is 0 Å². The lowest BCUT2D eigenvalue weighted by Gasteiger charge is -2.12.